The number of aliphatic imine (C=N–C) groups is 2. The molecule has 0 amide bonds. The predicted molar refractivity (Wildman–Crippen MR) is 135 cm³/mol. The van der Waals surface area contributed by atoms with E-state index < -0.39 is 0 Å². The van der Waals surface area contributed by atoms with Crippen molar-refractivity contribution in [3.8, 4) is 0 Å². The van der Waals surface area contributed by atoms with Crippen molar-refractivity contribution in [1.82, 2.24) is 10.2 Å². The molecule has 8 heteroatoms. The summed E-state index contributed by atoms with van der Waals surface area (Å²) in [6.45, 7) is 2.01. The summed E-state index contributed by atoms with van der Waals surface area (Å²) in [7, 11) is 0. The smallest absolute Gasteiger partial charge is 0.167 e. The molecule has 29 heavy (non-hydrogen) atoms. The molecule has 0 unspecified atom stereocenters. The highest BCUT2D eigenvalue weighted by atomic mass is 35.5. The van der Waals surface area contributed by atoms with Crippen LogP contribution in [0.3, 0.4) is 0 Å². The predicted octanol–water partition coefficient (Wildman–Crippen LogP) is 6.21. The zero-order valence-electron chi connectivity index (χ0n) is 17.3. The number of amidine groups is 2. The third-order valence-electron chi connectivity index (χ3n) is 6.11. The number of nitrogens with zero attached hydrogens (tertiary/aromatic N) is 3. The first-order valence-corrected chi connectivity index (χ1v) is 12.9. The van der Waals surface area contributed by atoms with Gasteiger partial charge in [-0.2, -0.15) is 0 Å². The summed E-state index contributed by atoms with van der Waals surface area (Å²) >= 11 is 3.72. The Kier molecular flexibility index (Phi) is 11.6. The Morgan fingerprint density at radius 3 is 2.38 bits per heavy atom. The molecule has 1 N–H and O–H groups in total. The standard InChI is InChI=1S/C21H34N4S2.2ClH/c1-2-6-10-17(9-5-1)23-20(24-18-11-7-3-4-8-12-18)26-15-19-16-27-21-22-13-14-25(19)21;;/h16-18H,1-15H2,(H,23,24);2*1H. The summed E-state index contributed by atoms with van der Waals surface area (Å²) in [5, 5.41) is 8.58. The van der Waals surface area contributed by atoms with Gasteiger partial charge < -0.3 is 10.2 Å². The minimum absolute atomic E-state index is 0. The quantitative estimate of drug-likeness (QED) is 0.295. The van der Waals surface area contributed by atoms with Crippen LogP contribution in [-0.2, 0) is 0 Å². The molecule has 4 rings (SSSR count). The van der Waals surface area contributed by atoms with Crippen molar-refractivity contribution in [2.24, 2.45) is 9.98 Å². The van der Waals surface area contributed by atoms with Gasteiger partial charge in [0.25, 0.3) is 0 Å². The molecule has 0 saturated heterocycles. The summed E-state index contributed by atoms with van der Waals surface area (Å²) in [5.41, 5.74) is 1.41. The van der Waals surface area contributed by atoms with Crippen molar-refractivity contribution in [2.45, 2.75) is 89.1 Å². The minimum atomic E-state index is 0. The second-order valence-electron chi connectivity index (χ2n) is 8.24. The third-order valence-corrected chi connectivity index (χ3v) is 8.00. The molecule has 2 aliphatic carbocycles. The maximum atomic E-state index is 5.25. The van der Waals surface area contributed by atoms with Crippen molar-refractivity contribution in [3.63, 3.8) is 0 Å². The second-order valence-corrected chi connectivity index (χ2v) is 10.0. The Morgan fingerprint density at radius 2 is 1.69 bits per heavy atom. The number of nitrogens with one attached hydrogen (secondary N) is 1. The van der Waals surface area contributed by atoms with Crippen LogP contribution in [0.15, 0.2) is 21.1 Å². The summed E-state index contributed by atoms with van der Waals surface area (Å²) in [4.78, 5) is 12.2. The Labute approximate surface area is 197 Å². The second kappa shape index (κ2) is 13.4. The molecule has 0 aromatic carbocycles. The Bertz CT molecular complexity index is 581. The third kappa shape index (κ3) is 7.55. The molecule has 2 fully saturated rings. The largest absolute Gasteiger partial charge is 0.362 e. The fraction of sp³-hybridized carbons (Fsp3) is 0.810. The van der Waals surface area contributed by atoms with Crippen LogP contribution in [0, 0.1) is 0 Å². The Balaban J connectivity index is 0.00000150. The molecule has 2 heterocycles. The first kappa shape index (κ1) is 25.2. The van der Waals surface area contributed by atoms with E-state index in [1.807, 2.05) is 11.8 Å². The van der Waals surface area contributed by atoms with E-state index in [1.165, 1.54) is 93.1 Å². The van der Waals surface area contributed by atoms with E-state index in [0.717, 1.165) is 18.8 Å². The van der Waals surface area contributed by atoms with Gasteiger partial charge in [-0.15, -0.1) is 24.8 Å². The summed E-state index contributed by atoms with van der Waals surface area (Å²) in [6.07, 6.45) is 16.2. The lowest BCUT2D eigenvalue weighted by atomic mass is 10.1. The van der Waals surface area contributed by atoms with Gasteiger partial charge in [0.05, 0.1) is 12.6 Å². The monoisotopic (exact) mass is 478 g/mol. The number of halogens is 2. The van der Waals surface area contributed by atoms with E-state index >= 15 is 0 Å². The molecule has 0 bridgehead atoms. The molecule has 0 aromatic rings. The molecule has 166 valence electrons. The first-order valence-electron chi connectivity index (χ1n) is 11.0. The van der Waals surface area contributed by atoms with Gasteiger partial charge in [0, 0.05) is 24.0 Å². The van der Waals surface area contributed by atoms with Gasteiger partial charge in [0.2, 0.25) is 0 Å². The average molecular weight is 480 g/mol. The average Bonchev–Trinajstić information content (AvgIpc) is 3.07. The van der Waals surface area contributed by atoms with Gasteiger partial charge >= 0.3 is 0 Å². The van der Waals surface area contributed by atoms with Crippen LogP contribution in [-0.4, -0.2) is 46.2 Å². The maximum Gasteiger partial charge on any atom is 0.167 e. The highest BCUT2D eigenvalue weighted by molar-refractivity contribution is 8.17. The lowest BCUT2D eigenvalue weighted by molar-refractivity contribution is 0.528. The van der Waals surface area contributed by atoms with E-state index in [1.54, 1.807) is 11.8 Å². The molecule has 4 aliphatic rings. The van der Waals surface area contributed by atoms with Crippen LogP contribution in [0.2, 0.25) is 0 Å². The number of hydrogen-bond acceptors (Lipinski definition) is 5. The van der Waals surface area contributed by atoms with Gasteiger partial charge in [-0.05, 0) is 31.1 Å². The van der Waals surface area contributed by atoms with Crippen molar-refractivity contribution < 1.29 is 0 Å². The molecular formula is C21H36Cl2N4S2. The lowest BCUT2D eigenvalue weighted by Gasteiger charge is -2.22. The Hall–Kier alpha value is -0.0400. The summed E-state index contributed by atoms with van der Waals surface area (Å²) in [6, 6.07) is 1.16. The maximum absolute atomic E-state index is 5.25. The first-order chi connectivity index (χ1) is 13.4. The zero-order valence-corrected chi connectivity index (χ0v) is 20.6. The fourth-order valence-electron chi connectivity index (χ4n) is 4.50. The number of thioether (sulfide) groups is 2. The van der Waals surface area contributed by atoms with Crippen LogP contribution in [0.1, 0.15) is 77.0 Å². The molecule has 0 aromatic heterocycles. The van der Waals surface area contributed by atoms with Crippen molar-refractivity contribution in [3.05, 3.63) is 11.1 Å². The van der Waals surface area contributed by atoms with Crippen molar-refractivity contribution in [2.75, 3.05) is 18.8 Å². The fourth-order valence-corrected chi connectivity index (χ4v) is 6.56. The van der Waals surface area contributed by atoms with Gasteiger partial charge in [-0.3, -0.25) is 9.98 Å². The van der Waals surface area contributed by atoms with Gasteiger partial charge in [0.1, 0.15) is 0 Å². The topological polar surface area (TPSA) is 40.0 Å². The molecule has 0 radical (unpaired) electrons. The van der Waals surface area contributed by atoms with E-state index in [0.29, 0.717) is 12.1 Å². The zero-order chi connectivity index (χ0) is 18.3. The molecule has 0 atom stereocenters. The van der Waals surface area contributed by atoms with Crippen LogP contribution in [0.4, 0.5) is 0 Å². The van der Waals surface area contributed by atoms with E-state index in [-0.39, 0.29) is 24.8 Å². The van der Waals surface area contributed by atoms with Crippen LogP contribution >= 0.6 is 48.3 Å². The number of fused-ring (bicyclic) bond motifs is 1. The highest BCUT2D eigenvalue weighted by Gasteiger charge is 2.26. The molecule has 4 nitrogen and oxygen atoms in total. The molecule has 2 saturated carbocycles. The van der Waals surface area contributed by atoms with E-state index in [9.17, 15) is 0 Å². The number of rotatable bonds is 4. The van der Waals surface area contributed by atoms with Crippen LogP contribution in [0.5, 0.6) is 0 Å². The number of hydrogen-bond donors (Lipinski definition) is 1. The Morgan fingerprint density at radius 1 is 1.03 bits per heavy atom. The van der Waals surface area contributed by atoms with Crippen LogP contribution in [0.25, 0.3) is 0 Å². The van der Waals surface area contributed by atoms with Crippen molar-refractivity contribution >= 4 is 58.7 Å². The van der Waals surface area contributed by atoms with Gasteiger partial charge in [-0.25, -0.2) is 0 Å². The van der Waals surface area contributed by atoms with E-state index in [4.69, 9.17) is 4.99 Å². The van der Waals surface area contributed by atoms with E-state index in [2.05, 4.69) is 20.6 Å². The van der Waals surface area contributed by atoms with Crippen molar-refractivity contribution in [1.29, 1.82) is 0 Å². The minimum Gasteiger partial charge on any atom is -0.362 e. The molecule has 2 aliphatic heterocycles. The lowest BCUT2D eigenvalue weighted by Crippen LogP contribution is -2.34. The summed E-state index contributed by atoms with van der Waals surface area (Å²) in [5.74, 6) is 1.01. The van der Waals surface area contributed by atoms with Gasteiger partial charge in [-0.1, -0.05) is 74.9 Å². The normalized spacial score (nSPS) is 23.9. The SMILES string of the molecule is C1=C(CSC(=NC2CCCCCC2)NC2CCCCCC2)N2CCN=C2S1.Cl.Cl. The summed E-state index contributed by atoms with van der Waals surface area (Å²) < 4.78 is 0. The molecule has 0 spiro atoms. The molecular weight excluding hydrogens is 443 g/mol. The highest BCUT2D eigenvalue weighted by Crippen LogP contribution is 2.31. The van der Waals surface area contributed by atoms with Crippen LogP contribution < -0.4 is 5.32 Å². The van der Waals surface area contributed by atoms with Gasteiger partial charge in [0.15, 0.2) is 10.3 Å².